The first-order chi connectivity index (χ1) is 18.9. The van der Waals surface area contributed by atoms with Crippen molar-refractivity contribution in [2.24, 2.45) is 0 Å². The SMILES string of the molecule is c1ccc(P(Cc2nnc(CP(c3ccccc3)c3ccccc3)c3ccccc23)c2ccccc2)cc1. The van der Waals surface area contributed by atoms with E-state index in [1.165, 1.54) is 32.0 Å². The van der Waals surface area contributed by atoms with E-state index in [9.17, 15) is 0 Å². The highest BCUT2D eigenvalue weighted by Crippen LogP contribution is 2.41. The van der Waals surface area contributed by atoms with E-state index in [-0.39, 0.29) is 0 Å². The number of aromatic nitrogens is 2. The molecule has 0 bridgehead atoms. The van der Waals surface area contributed by atoms with Gasteiger partial charge in [-0.2, -0.15) is 10.2 Å². The second-order valence-corrected chi connectivity index (χ2v) is 13.6. The Bertz CT molecular complexity index is 1410. The first-order valence-corrected chi connectivity index (χ1v) is 15.9. The van der Waals surface area contributed by atoms with Crippen LogP contribution < -0.4 is 21.2 Å². The van der Waals surface area contributed by atoms with Crippen molar-refractivity contribution in [1.29, 1.82) is 0 Å². The zero-order valence-corrected chi connectivity index (χ0v) is 22.8. The zero-order chi connectivity index (χ0) is 25.6. The van der Waals surface area contributed by atoms with Crippen molar-refractivity contribution in [2.75, 3.05) is 0 Å². The fourth-order valence-corrected chi connectivity index (χ4v) is 9.36. The Kier molecular flexibility index (Phi) is 7.64. The lowest BCUT2D eigenvalue weighted by Crippen LogP contribution is -2.15. The molecule has 0 spiro atoms. The molecule has 6 rings (SSSR count). The third-order valence-corrected chi connectivity index (χ3v) is 11.6. The minimum absolute atomic E-state index is 0.597. The Morgan fingerprint density at radius 1 is 0.342 bits per heavy atom. The molecule has 0 N–H and O–H groups in total. The summed E-state index contributed by atoms with van der Waals surface area (Å²) in [5, 5.41) is 17.7. The highest BCUT2D eigenvalue weighted by molar-refractivity contribution is 7.72. The standard InChI is InChI=1S/C34H28N2P2/c1-5-15-27(16-6-1)37(28-17-7-2-8-18-28)25-33-31-23-13-14-24-32(31)34(36-35-33)26-38(29-19-9-3-10-20-29)30-21-11-4-12-22-30/h1-24H,25-26H2. The molecule has 6 aromatic rings. The van der Waals surface area contributed by atoms with Gasteiger partial charge in [-0.15, -0.1) is 0 Å². The van der Waals surface area contributed by atoms with Gasteiger partial charge in [0, 0.05) is 23.1 Å². The summed E-state index contributed by atoms with van der Waals surface area (Å²) in [7, 11) is -1.19. The summed E-state index contributed by atoms with van der Waals surface area (Å²) in [6.07, 6.45) is 1.73. The van der Waals surface area contributed by atoms with Crippen molar-refractivity contribution in [1.82, 2.24) is 10.2 Å². The summed E-state index contributed by atoms with van der Waals surface area (Å²) in [6.45, 7) is 0. The van der Waals surface area contributed by atoms with E-state index in [1.54, 1.807) is 0 Å². The van der Waals surface area contributed by atoms with Gasteiger partial charge in [-0.05, 0) is 37.1 Å². The molecule has 0 saturated carbocycles. The van der Waals surface area contributed by atoms with Crippen LogP contribution >= 0.6 is 15.8 Å². The minimum atomic E-state index is -0.597. The van der Waals surface area contributed by atoms with Gasteiger partial charge in [0.15, 0.2) is 0 Å². The monoisotopic (exact) mass is 526 g/mol. The third-order valence-electron chi connectivity index (χ3n) is 6.73. The molecule has 0 unspecified atom stereocenters. The first-order valence-electron chi connectivity index (χ1n) is 12.9. The van der Waals surface area contributed by atoms with Gasteiger partial charge in [0.25, 0.3) is 0 Å². The van der Waals surface area contributed by atoms with Crippen molar-refractivity contribution in [2.45, 2.75) is 12.3 Å². The molecule has 0 aliphatic rings. The number of hydrogen-bond donors (Lipinski definition) is 0. The van der Waals surface area contributed by atoms with Crippen LogP contribution in [0.2, 0.25) is 0 Å². The third kappa shape index (κ3) is 5.44. The lowest BCUT2D eigenvalue weighted by atomic mass is 10.1. The van der Waals surface area contributed by atoms with Crippen molar-refractivity contribution in [3.05, 3.63) is 157 Å². The van der Waals surface area contributed by atoms with Crippen LogP contribution in [-0.4, -0.2) is 10.2 Å². The summed E-state index contributed by atoms with van der Waals surface area (Å²) in [5.41, 5.74) is 2.15. The van der Waals surface area contributed by atoms with Crippen LogP contribution in [0.25, 0.3) is 10.8 Å². The predicted molar refractivity (Wildman–Crippen MR) is 165 cm³/mol. The zero-order valence-electron chi connectivity index (χ0n) is 21.1. The largest absolute Gasteiger partial charge is 0.154 e. The van der Waals surface area contributed by atoms with Gasteiger partial charge >= 0.3 is 0 Å². The molecule has 0 aliphatic heterocycles. The van der Waals surface area contributed by atoms with Crippen LogP contribution in [0.4, 0.5) is 0 Å². The normalized spacial score (nSPS) is 11.3. The number of rotatable bonds is 8. The van der Waals surface area contributed by atoms with Gasteiger partial charge in [0.05, 0.1) is 11.4 Å². The number of hydrogen-bond acceptors (Lipinski definition) is 2. The Balaban J connectivity index is 1.40. The molecule has 0 amide bonds. The van der Waals surface area contributed by atoms with Crippen LogP contribution in [-0.2, 0) is 12.3 Å². The molecular weight excluding hydrogens is 498 g/mol. The average molecular weight is 527 g/mol. The molecule has 0 saturated heterocycles. The molecule has 4 heteroatoms. The molecule has 2 nitrogen and oxygen atoms in total. The van der Waals surface area contributed by atoms with Crippen LogP contribution in [0.5, 0.6) is 0 Å². The fourth-order valence-electron chi connectivity index (χ4n) is 4.84. The molecule has 0 fully saturated rings. The first kappa shape index (κ1) is 24.6. The van der Waals surface area contributed by atoms with Gasteiger partial charge in [0.2, 0.25) is 0 Å². The highest BCUT2D eigenvalue weighted by Gasteiger charge is 2.21. The lowest BCUT2D eigenvalue weighted by molar-refractivity contribution is 0.948. The molecule has 0 radical (unpaired) electrons. The van der Waals surface area contributed by atoms with Crippen LogP contribution in [0.3, 0.4) is 0 Å². The summed E-state index contributed by atoms with van der Waals surface area (Å²) in [5.74, 6) is 0. The van der Waals surface area contributed by atoms with E-state index in [4.69, 9.17) is 10.2 Å². The van der Waals surface area contributed by atoms with Gasteiger partial charge in [0.1, 0.15) is 0 Å². The number of nitrogens with zero attached hydrogens (tertiary/aromatic N) is 2. The van der Waals surface area contributed by atoms with Gasteiger partial charge in [-0.25, -0.2) is 0 Å². The van der Waals surface area contributed by atoms with Gasteiger partial charge in [-0.1, -0.05) is 146 Å². The Morgan fingerprint density at radius 2 is 0.605 bits per heavy atom. The smallest absolute Gasteiger partial charge is 0.0758 e. The van der Waals surface area contributed by atoms with E-state index in [0.717, 1.165) is 23.7 Å². The average Bonchev–Trinajstić information content (AvgIpc) is 3.01. The maximum atomic E-state index is 4.91. The molecule has 184 valence electrons. The molecule has 0 atom stereocenters. The maximum absolute atomic E-state index is 4.91. The van der Waals surface area contributed by atoms with Gasteiger partial charge < -0.3 is 0 Å². The Hall–Kier alpha value is -3.70. The quantitative estimate of drug-likeness (QED) is 0.202. The van der Waals surface area contributed by atoms with E-state index in [0.29, 0.717) is 0 Å². The van der Waals surface area contributed by atoms with E-state index in [1.807, 2.05) is 0 Å². The second-order valence-electron chi connectivity index (χ2n) is 9.15. The van der Waals surface area contributed by atoms with Crippen LogP contribution in [0.15, 0.2) is 146 Å². The Labute approximate surface area is 226 Å². The molecule has 0 aliphatic carbocycles. The maximum Gasteiger partial charge on any atom is 0.0758 e. The van der Waals surface area contributed by atoms with Crippen molar-refractivity contribution >= 4 is 47.8 Å². The molecule has 1 heterocycles. The Morgan fingerprint density at radius 3 is 0.895 bits per heavy atom. The van der Waals surface area contributed by atoms with E-state index in [2.05, 4.69) is 146 Å². The summed E-state index contributed by atoms with van der Waals surface area (Å²) in [6, 6.07) is 52.1. The minimum Gasteiger partial charge on any atom is -0.154 e. The number of benzene rings is 5. The molecular formula is C34H28N2P2. The van der Waals surface area contributed by atoms with Crippen molar-refractivity contribution in [3.63, 3.8) is 0 Å². The summed E-state index contributed by atoms with van der Waals surface area (Å²) in [4.78, 5) is 0. The lowest BCUT2D eigenvalue weighted by Gasteiger charge is -2.21. The highest BCUT2D eigenvalue weighted by atomic mass is 31.1. The van der Waals surface area contributed by atoms with Gasteiger partial charge in [-0.3, -0.25) is 0 Å². The topological polar surface area (TPSA) is 25.8 Å². The summed E-state index contributed by atoms with van der Waals surface area (Å²) >= 11 is 0. The van der Waals surface area contributed by atoms with E-state index >= 15 is 0 Å². The van der Waals surface area contributed by atoms with Crippen LogP contribution in [0.1, 0.15) is 11.4 Å². The fraction of sp³-hybridized carbons (Fsp3) is 0.0588. The van der Waals surface area contributed by atoms with Crippen molar-refractivity contribution in [3.8, 4) is 0 Å². The van der Waals surface area contributed by atoms with E-state index < -0.39 is 15.8 Å². The summed E-state index contributed by atoms with van der Waals surface area (Å²) < 4.78 is 0. The van der Waals surface area contributed by atoms with Crippen LogP contribution in [0, 0.1) is 0 Å². The van der Waals surface area contributed by atoms with Crippen molar-refractivity contribution < 1.29 is 0 Å². The molecule has 38 heavy (non-hydrogen) atoms. The predicted octanol–water partition coefficient (Wildman–Crippen LogP) is 6.90. The molecule has 5 aromatic carbocycles. The number of fused-ring (bicyclic) bond motifs is 1. The second kappa shape index (κ2) is 11.8. The molecule has 1 aromatic heterocycles.